The molecule has 1 aromatic carbocycles. The van der Waals surface area contributed by atoms with Crippen LogP contribution in [0.2, 0.25) is 0 Å². The number of thiol groups is 1. The summed E-state index contributed by atoms with van der Waals surface area (Å²) >= 11 is 9.05. The van der Waals surface area contributed by atoms with E-state index < -0.39 is 6.09 Å². The maximum Gasteiger partial charge on any atom is 0.420 e. The van der Waals surface area contributed by atoms with Crippen molar-refractivity contribution in [3.05, 3.63) is 24.3 Å². The first-order valence-corrected chi connectivity index (χ1v) is 6.98. The summed E-state index contributed by atoms with van der Waals surface area (Å²) in [5, 5.41) is 3.17. The van der Waals surface area contributed by atoms with Gasteiger partial charge >= 0.3 is 6.09 Å². The molecular formula is C13H18N2O3S2. The van der Waals surface area contributed by atoms with Gasteiger partial charge in [-0.2, -0.15) is 0 Å². The van der Waals surface area contributed by atoms with Crippen molar-refractivity contribution in [2.24, 2.45) is 0 Å². The summed E-state index contributed by atoms with van der Waals surface area (Å²) in [6.07, 6.45) is -0.571. The van der Waals surface area contributed by atoms with E-state index in [0.29, 0.717) is 12.3 Å². The molecule has 5 nitrogen and oxygen atoms in total. The van der Waals surface area contributed by atoms with E-state index in [1.807, 2.05) is 19.1 Å². The van der Waals surface area contributed by atoms with Gasteiger partial charge in [-0.05, 0) is 31.2 Å². The van der Waals surface area contributed by atoms with Crippen molar-refractivity contribution in [1.82, 2.24) is 0 Å². The Morgan fingerprint density at radius 1 is 1.35 bits per heavy atom. The van der Waals surface area contributed by atoms with Crippen LogP contribution in [0.25, 0.3) is 0 Å². The largest absolute Gasteiger partial charge is 0.446 e. The van der Waals surface area contributed by atoms with Gasteiger partial charge in [-0.15, -0.1) is 12.6 Å². The van der Waals surface area contributed by atoms with Crippen molar-refractivity contribution >= 4 is 46.6 Å². The zero-order valence-corrected chi connectivity index (χ0v) is 13.2. The lowest BCUT2D eigenvalue weighted by Crippen LogP contribution is -2.34. The van der Waals surface area contributed by atoms with Crippen LogP contribution < -0.4 is 10.2 Å². The molecule has 0 radical (unpaired) electrons. The van der Waals surface area contributed by atoms with Crippen LogP contribution >= 0.6 is 24.8 Å². The fraction of sp³-hybridized carbons (Fsp3) is 0.385. The minimum atomic E-state index is -0.571. The molecule has 0 fully saturated rings. The summed E-state index contributed by atoms with van der Waals surface area (Å²) in [5.74, 6) is 0. The highest BCUT2D eigenvalue weighted by Crippen LogP contribution is 2.20. The quantitative estimate of drug-likeness (QED) is 0.480. The highest BCUT2D eigenvalue weighted by molar-refractivity contribution is 8.11. The van der Waals surface area contributed by atoms with Gasteiger partial charge in [-0.25, -0.2) is 9.69 Å². The van der Waals surface area contributed by atoms with Gasteiger partial charge in [-0.1, -0.05) is 12.2 Å². The molecule has 0 saturated carbocycles. The van der Waals surface area contributed by atoms with Gasteiger partial charge in [0.1, 0.15) is 10.9 Å². The maximum atomic E-state index is 12.0. The fourth-order valence-corrected chi connectivity index (χ4v) is 1.88. The van der Waals surface area contributed by atoms with Crippen molar-refractivity contribution in [3.8, 4) is 0 Å². The number of ether oxygens (including phenoxy) is 2. The minimum absolute atomic E-state index is 0.128. The Hall–Kier alpha value is -1.31. The number of rotatable bonds is 6. The van der Waals surface area contributed by atoms with Gasteiger partial charge in [0, 0.05) is 19.3 Å². The molecular weight excluding hydrogens is 296 g/mol. The second-order valence-corrected chi connectivity index (χ2v) is 4.92. The summed E-state index contributed by atoms with van der Waals surface area (Å²) in [5.41, 5.74) is 1.57. The molecule has 0 spiro atoms. The number of hydrogen-bond donors (Lipinski definition) is 2. The van der Waals surface area contributed by atoms with E-state index in [4.69, 9.17) is 21.7 Å². The lowest BCUT2D eigenvalue weighted by Gasteiger charge is -2.20. The topological polar surface area (TPSA) is 50.8 Å². The number of amides is 1. The highest BCUT2D eigenvalue weighted by atomic mass is 32.1. The van der Waals surface area contributed by atoms with Gasteiger partial charge < -0.3 is 14.8 Å². The van der Waals surface area contributed by atoms with Crippen molar-refractivity contribution in [3.63, 3.8) is 0 Å². The summed E-state index contributed by atoms with van der Waals surface area (Å²) in [4.78, 5) is 13.2. The summed E-state index contributed by atoms with van der Waals surface area (Å²) in [6, 6.07) is 7.27. The molecule has 0 saturated heterocycles. The van der Waals surface area contributed by atoms with Crippen molar-refractivity contribution < 1.29 is 14.3 Å². The Morgan fingerprint density at radius 3 is 2.50 bits per heavy atom. The average Bonchev–Trinajstić information content (AvgIpc) is 2.41. The molecule has 0 heterocycles. The number of anilines is 2. The molecule has 0 aliphatic carbocycles. The number of hydrogen-bond acceptors (Lipinski definition) is 5. The lowest BCUT2D eigenvalue weighted by molar-refractivity contribution is 0.105. The number of nitrogens with zero attached hydrogens (tertiary/aromatic N) is 1. The molecule has 0 aliphatic heterocycles. The molecule has 1 N–H and O–H groups in total. The summed E-state index contributed by atoms with van der Waals surface area (Å²) in [6.45, 7) is 3.33. The number of carbonyl (C=O) groups excluding carboxylic acids is 1. The number of thiocarbonyl (C=S) groups is 1. The standard InChI is InChI=1S/C13H18N2O3S2/c1-3-14-10-4-6-11(7-5-10)15(13(19)20)12(16)18-9-8-17-2/h4-7,14H,3,8-9H2,1-2H3,(H,19,20). The zero-order valence-electron chi connectivity index (χ0n) is 11.5. The smallest absolute Gasteiger partial charge is 0.420 e. The van der Waals surface area contributed by atoms with Crippen LogP contribution in [-0.4, -0.2) is 37.3 Å². The van der Waals surface area contributed by atoms with Gasteiger partial charge in [-0.3, -0.25) is 0 Å². The molecule has 0 atom stereocenters. The summed E-state index contributed by atoms with van der Waals surface area (Å²) in [7, 11) is 1.54. The zero-order chi connectivity index (χ0) is 15.0. The third-order valence-electron chi connectivity index (χ3n) is 2.39. The first-order valence-electron chi connectivity index (χ1n) is 6.12. The second-order valence-electron chi connectivity index (χ2n) is 3.80. The van der Waals surface area contributed by atoms with E-state index in [-0.39, 0.29) is 10.9 Å². The Balaban J connectivity index is 2.79. The third kappa shape index (κ3) is 4.99. The molecule has 0 aliphatic rings. The molecule has 7 heteroatoms. The number of benzene rings is 1. The Bertz CT molecular complexity index is 451. The number of nitrogens with one attached hydrogen (secondary N) is 1. The minimum Gasteiger partial charge on any atom is -0.446 e. The molecule has 0 unspecified atom stereocenters. The second kappa shape index (κ2) is 8.78. The number of methoxy groups -OCH3 is 1. The van der Waals surface area contributed by atoms with E-state index in [9.17, 15) is 4.79 Å². The molecule has 1 amide bonds. The Labute approximate surface area is 129 Å². The third-order valence-corrected chi connectivity index (χ3v) is 2.78. The molecule has 0 aromatic heterocycles. The lowest BCUT2D eigenvalue weighted by atomic mass is 10.2. The van der Waals surface area contributed by atoms with E-state index in [1.54, 1.807) is 12.1 Å². The number of carbonyl (C=O) groups is 1. The normalized spacial score (nSPS) is 9.95. The van der Waals surface area contributed by atoms with E-state index >= 15 is 0 Å². The monoisotopic (exact) mass is 314 g/mol. The van der Waals surface area contributed by atoms with Crippen LogP contribution in [0.15, 0.2) is 24.3 Å². The maximum absolute atomic E-state index is 12.0. The van der Waals surface area contributed by atoms with Crippen molar-refractivity contribution in [2.45, 2.75) is 6.92 Å². The van der Waals surface area contributed by atoms with Gasteiger partial charge in [0.25, 0.3) is 0 Å². The predicted octanol–water partition coefficient (Wildman–Crippen LogP) is 2.92. The van der Waals surface area contributed by atoms with Crippen LogP contribution in [0.1, 0.15) is 6.92 Å². The van der Waals surface area contributed by atoms with Crippen LogP contribution in [-0.2, 0) is 9.47 Å². The average molecular weight is 314 g/mol. The van der Waals surface area contributed by atoms with Gasteiger partial charge in [0.05, 0.1) is 12.3 Å². The summed E-state index contributed by atoms with van der Waals surface area (Å²) < 4.78 is 10.0. The van der Waals surface area contributed by atoms with Crippen LogP contribution in [0.4, 0.5) is 16.2 Å². The molecule has 1 aromatic rings. The Kier molecular flexibility index (Phi) is 7.35. The first kappa shape index (κ1) is 16.7. The van der Waals surface area contributed by atoms with Crippen molar-refractivity contribution in [1.29, 1.82) is 0 Å². The van der Waals surface area contributed by atoms with E-state index in [2.05, 4.69) is 17.9 Å². The Morgan fingerprint density at radius 2 is 2.00 bits per heavy atom. The van der Waals surface area contributed by atoms with Crippen molar-refractivity contribution in [2.75, 3.05) is 37.1 Å². The predicted molar refractivity (Wildman–Crippen MR) is 87.9 cm³/mol. The highest BCUT2D eigenvalue weighted by Gasteiger charge is 2.19. The van der Waals surface area contributed by atoms with E-state index in [1.165, 1.54) is 12.0 Å². The molecule has 110 valence electrons. The first-order chi connectivity index (χ1) is 9.60. The molecule has 1 rings (SSSR count). The van der Waals surface area contributed by atoms with Crippen LogP contribution in [0.5, 0.6) is 0 Å². The molecule has 0 bridgehead atoms. The van der Waals surface area contributed by atoms with Gasteiger partial charge in [0.2, 0.25) is 0 Å². The van der Waals surface area contributed by atoms with Crippen LogP contribution in [0.3, 0.4) is 0 Å². The van der Waals surface area contributed by atoms with Gasteiger partial charge in [0.15, 0.2) is 0 Å². The fourth-order valence-electron chi connectivity index (χ4n) is 1.50. The molecule has 20 heavy (non-hydrogen) atoms. The van der Waals surface area contributed by atoms with Crippen LogP contribution in [0, 0.1) is 0 Å². The SMILES string of the molecule is CCNc1ccc(N(C(=O)OCCOC)C(=S)S)cc1. The van der Waals surface area contributed by atoms with E-state index in [0.717, 1.165) is 12.2 Å².